The number of rotatable bonds is 5. The van der Waals surface area contributed by atoms with Crippen LogP contribution in [-0.4, -0.2) is 18.1 Å². The van der Waals surface area contributed by atoms with E-state index in [-0.39, 0.29) is 5.56 Å². The Morgan fingerprint density at radius 3 is 2.60 bits per heavy atom. The molecule has 2 rings (SSSR count). The molecule has 0 atom stereocenters. The van der Waals surface area contributed by atoms with E-state index in [1.54, 1.807) is 23.5 Å². The number of thiophene rings is 1. The van der Waals surface area contributed by atoms with Crippen molar-refractivity contribution in [2.75, 3.05) is 17.7 Å². The first-order chi connectivity index (χ1) is 9.51. The minimum Gasteiger partial charge on any atom is -0.478 e. The normalized spacial score (nSPS) is 10.5. The summed E-state index contributed by atoms with van der Waals surface area (Å²) >= 11 is 1.76. The number of nitrogens with zero attached hydrogens (tertiary/aromatic N) is 1. The van der Waals surface area contributed by atoms with Crippen LogP contribution in [0.25, 0.3) is 0 Å². The van der Waals surface area contributed by atoms with Crippen LogP contribution in [0.2, 0.25) is 0 Å². The Morgan fingerprint density at radius 1 is 1.30 bits per heavy atom. The zero-order valence-corrected chi connectivity index (χ0v) is 12.4. The van der Waals surface area contributed by atoms with E-state index in [1.807, 2.05) is 11.9 Å². The Hall–Kier alpha value is -2.01. The molecule has 1 aromatic heterocycles. The van der Waals surface area contributed by atoms with E-state index in [0.29, 0.717) is 17.9 Å². The molecule has 0 spiro atoms. The van der Waals surface area contributed by atoms with Crippen molar-refractivity contribution in [2.45, 2.75) is 19.9 Å². The number of carbonyl (C=O) groups is 1. The molecule has 106 valence electrons. The Balaban J connectivity index is 2.24. The molecule has 0 saturated carbocycles. The first-order valence-corrected chi connectivity index (χ1v) is 7.24. The fourth-order valence-electron chi connectivity index (χ4n) is 2.07. The van der Waals surface area contributed by atoms with Gasteiger partial charge in [-0.15, -0.1) is 11.3 Å². The summed E-state index contributed by atoms with van der Waals surface area (Å²) in [5, 5.41) is 9.27. The van der Waals surface area contributed by atoms with Crippen molar-refractivity contribution in [3.63, 3.8) is 0 Å². The highest BCUT2D eigenvalue weighted by Gasteiger charge is 2.14. The fourth-order valence-corrected chi connectivity index (χ4v) is 3.09. The molecule has 0 unspecified atom stereocenters. The third-order valence-electron chi connectivity index (χ3n) is 3.12. The van der Waals surface area contributed by atoms with Crippen LogP contribution in [0.4, 0.5) is 11.4 Å². The van der Waals surface area contributed by atoms with Crippen LogP contribution < -0.4 is 10.6 Å². The molecule has 20 heavy (non-hydrogen) atoms. The van der Waals surface area contributed by atoms with E-state index in [9.17, 15) is 9.90 Å². The van der Waals surface area contributed by atoms with Gasteiger partial charge in [0.1, 0.15) is 0 Å². The molecule has 0 amide bonds. The van der Waals surface area contributed by atoms with Gasteiger partial charge < -0.3 is 15.7 Å². The molecule has 1 aromatic carbocycles. The van der Waals surface area contributed by atoms with Crippen LogP contribution in [0, 0.1) is 0 Å². The smallest absolute Gasteiger partial charge is 0.337 e. The van der Waals surface area contributed by atoms with Crippen molar-refractivity contribution in [2.24, 2.45) is 0 Å². The lowest BCUT2D eigenvalue weighted by Crippen LogP contribution is -2.19. The van der Waals surface area contributed by atoms with Gasteiger partial charge in [0.15, 0.2) is 0 Å². The van der Waals surface area contributed by atoms with Gasteiger partial charge in [0, 0.05) is 22.5 Å². The van der Waals surface area contributed by atoms with Gasteiger partial charge in [-0.2, -0.15) is 0 Å². The Bertz CT molecular complexity index is 622. The summed E-state index contributed by atoms with van der Waals surface area (Å²) in [6, 6.07) is 9.20. The average molecular weight is 290 g/mol. The predicted octanol–water partition coefficient (Wildman–Crippen LogP) is 3.23. The number of benzene rings is 1. The number of aromatic carboxylic acids is 1. The Labute approximate surface area is 122 Å². The highest BCUT2D eigenvalue weighted by Crippen LogP contribution is 2.26. The van der Waals surface area contributed by atoms with Gasteiger partial charge in [-0.25, -0.2) is 4.79 Å². The van der Waals surface area contributed by atoms with Crippen molar-refractivity contribution in [3.8, 4) is 0 Å². The SMILES string of the molecule is CCc1ccc(CN(C)c2ccc(N)cc2C(=O)O)s1. The predicted molar refractivity (Wildman–Crippen MR) is 83.6 cm³/mol. The highest BCUT2D eigenvalue weighted by molar-refractivity contribution is 7.12. The molecule has 4 nitrogen and oxygen atoms in total. The molecular formula is C15H18N2O2S. The summed E-state index contributed by atoms with van der Waals surface area (Å²) in [6.45, 7) is 2.82. The molecular weight excluding hydrogens is 272 g/mol. The molecule has 0 aliphatic carbocycles. The van der Waals surface area contributed by atoms with E-state index in [0.717, 1.165) is 6.42 Å². The largest absolute Gasteiger partial charge is 0.478 e. The first kappa shape index (κ1) is 14.4. The molecule has 0 fully saturated rings. The minimum absolute atomic E-state index is 0.236. The molecule has 0 aliphatic heterocycles. The zero-order valence-electron chi connectivity index (χ0n) is 11.6. The Kier molecular flexibility index (Phi) is 4.29. The van der Waals surface area contributed by atoms with Crippen LogP contribution in [0.15, 0.2) is 30.3 Å². The number of carboxylic acids is 1. The summed E-state index contributed by atoms with van der Waals surface area (Å²) in [5.41, 5.74) is 7.04. The third kappa shape index (κ3) is 3.11. The molecule has 0 radical (unpaired) electrons. The second-order valence-corrected chi connectivity index (χ2v) is 5.91. The molecule has 2 aromatic rings. The van der Waals surface area contributed by atoms with Crippen LogP contribution in [0.3, 0.4) is 0 Å². The van der Waals surface area contributed by atoms with E-state index < -0.39 is 5.97 Å². The maximum absolute atomic E-state index is 11.3. The van der Waals surface area contributed by atoms with Crippen molar-refractivity contribution in [1.29, 1.82) is 0 Å². The van der Waals surface area contributed by atoms with Crippen molar-refractivity contribution >= 4 is 28.7 Å². The van der Waals surface area contributed by atoms with Gasteiger partial charge in [-0.05, 0) is 36.8 Å². The first-order valence-electron chi connectivity index (χ1n) is 6.42. The van der Waals surface area contributed by atoms with E-state index in [1.165, 1.54) is 15.8 Å². The zero-order chi connectivity index (χ0) is 14.7. The summed E-state index contributed by atoms with van der Waals surface area (Å²) in [6.07, 6.45) is 1.02. The lowest BCUT2D eigenvalue weighted by molar-refractivity contribution is 0.0697. The number of aryl methyl sites for hydroxylation is 1. The second kappa shape index (κ2) is 5.96. The van der Waals surface area contributed by atoms with Crippen LogP contribution in [-0.2, 0) is 13.0 Å². The highest BCUT2D eigenvalue weighted by atomic mass is 32.1. The Morgan fingerprint density at radius 2 is 2.00 bits per heavy atom. The van der Waals surface area contributed by atoms with Gasteiger partial charge in [0.25, 0.3) is 0 Å². The summed E-state index contributed by atoms with van der Waals surface area (Å²) in [4.78, 5) is 15.8. The fraction of sp³-hybridized carbons (Fsp3) is 0.267. The summed E-state index contributed by atoms with van der Waals surface area (Å²) in [7, 11) is 1.89. The van der Waals surface area contributed by atoms with Crippen molar-refractivity contribution < 1.29 is 9.90 Å². The minimum atomic E-state index is -0.959. The van der Waals surface area contributed by atoms with Crippen LogP contribution in [0.1, 0.15) is 27.0 Å². The van der Waals surface area contributed by atoms with Crippen molar-refractivity contribution in [1.82, 2.24) is 0 Å². The number of nitrogens with two attached hydrogens (primary N) is 1. The second-order valence-electron chi connectivity index (χ2n) is 4.66. The maximum Gasteiger partial charge on any atom is 0.337 e. The molecule has 0 aliphatic rings. The number of carboxylic acid groups (broad SMARTS) is 1. The number of hydrogen-bond acceptors (Lipinski definition) is 4. The number of anilines is 2. The maximum atomic E-state index is 11.3. The van der Waals surface area contributed by atoms with Gasteiger partial charge in [-0.3, -0.25) is 0 Å². The standard InChI is InChI=1S/C15H18N2O2S/c1-3-11-5-6-12(20-11)9-17(2)14-7-4-10(16)8-13(14)15(18)19/h4-8H,3,9,16H2,1-2H3,(H,18,19). The van der Waals surface area contributed by atoms with E-state index in [4.69, 9.17) is 5.73 Å². The number of hydrogen-bond donors (Lipinski definition) is 2. The monoisotopic (exact) mass is 290 g/mol. The van der Waals surface area contributed by atoms with Gasteiger partial charge in [0.2, 0.25) is 0 Å². The topological polar surface area (TPSA) is 66.6 Å². The third-order valence-corrected chi connectivity index (χ3v) is 4.34. The summed E-state index contributed by atoms with van der Waals surface area (Å²) in [5.74, 6) is -0.959. The molecule has 0 saturated heterocycles. The average Bonchev–Trinajstić information content (AvgIpc) is 2.86. The van der Waals surface area contributed by atoms with Crippen LogP contribution in [0.5, 0.6) is 0 Å². The quantitative estimate of drug-likeness (QED) is 0.830. The lowest BCUT2D eigenvalue weighted by Gasteiger charge is -2.20. The molecule has 0 bridgehead atoms. The molecule has 5 heteroatoms. The number of nitrogen functional groups attached to an aromatic ring is 1. The molecule has 3 N–H and O–H groups in total. The van der Waals surface area contributed by atoms with E-state index in [2.05, 4.69) is 19.1 Å². The van der Waals surface area contributed by atoms with Gasteiger partial charge in [0.05, 0.1) is 17.8 Å². The van der Waals surface area contributed by atoms with Crippen molar-refractivity contribution in [3.05, 3.63) is 45.6 Å². The molecule has 1 heterocycles. The van der Waals surface area contributed by atoms with Gasteiger partial charge >= 0.3 is 5.97 Å². The summed E-state index contributed by atoms with van der Waals surface area (Å²) < 4.78 is 0. The lowest BCUT2D eigenvalue weighted by atomic mass is 10.1. The van der Waals surface area contributed by atoms with E-state index >= 15 is 0 Å². The van der Waals surface area contributed by atoms with Crippen LogP contribution >= 0.6 is 11.3 Å². The van der Waals surface area contributed by atoms with Gasteiger partial charge in [-0.1, -0.05) is 6.92 Å².